The highest BCUT2D eigenvalue weighted by molar-refractivity contribution is 7.99. The van der Waals surface area contributed by atoms with Gasteiger partial charge in [-0.15, -0.1) is 0 Å². The van der Waals surface area contributed by atoms with E-state index in [2.05, 4.69) is 4.98 Å². The number of hydrogen-bond acceptors (Lipinski definition) is 6. The van der Waals surface area contributed by atoms with E-state index in [1.54, 1.807) is 23.1 Å². The van der Waals surface area contributed by atoms with Crippen LogP contribution in [0.4, 0.5) is 11.4 Å². The average Bonchev–Trinajstić information content (AvgIpc) is 2.64. The quantitative estimate of drug-likeness (QED) is 0.439. The molecule has 0 aliphatic heterocycles. The molecule has 1 N–H and O–H groups in total. The first kappa shape index (κ1) is 20.2. The van der Waals surface area contributed by atoms with Crippen molar-refractivity contribution in [3.63, 3.8) is 0 Å². The molecule has 3 aromatic rings. The molecular weight excluding hydrogens is 400 g/mol. The predicted molar refractivity (Wildman–Crippen MR) is 113 cm³/mol. The average molecular weight is 419 g/mol. The summed E-state index contributed by atoms with van der Waals surface area (Å²) in [7, 11) is 0. The zero-order chi connectivity index (χ0) is 20.4. The first-order valence-corrected chi connectivity index (χ1v) is 10.1. The molecule has 3 rings (SSSR count). The van der Waals surface area contributed by atoms with E-state index in [1.165, 1.54) is 17.8 Å². The van der Waals surface area contributed by atoms with Gasteiger partial charge in [0.05, 0.1) is 16.8 Å². The van der Waals surface area contributed by atoms with E-state index in [4.69, 9.17) is 16.0 Å². The number of aromatic nitrogens is 1. The topological polar surface area (TPSA) is 83.6 Å². The summed E-state index contributed by atoms with van der Waals surface area (Å²) in [5.41, 5.74) is 1.98. The number of rotatable bonds is 6. The lowest BCUT2D eigenvalue weighted by molar-refractivity contribution is 0.0691. The van der Waals surface area contributed by atoms with Crippen molar-refractivity contribution in [3.8, 4) is 0 Å². The molecule has 8 heteroatoms. The number of nitrogens with zero attached hydrogens (tertiary/aromatic N) is 2. The zero-order valence-corrected chi connectivity index (χ0v) is 17.2. The van der Waals surface area contributed by atoms with Crippen molar-refractivity contribution in [1.29, 1.82) is 0 Å². The number of benzene rings is 1. The van der Waals surface area contributed by atoms with Crippen molar-refractivity contribution in [2.75, 3.05) is 17.2 Å². The van der Waals surface area contributed by atoms with Crippen LogP contribution < -0.4 is 10.3 Å². The second-order valence-corrected chi connectivity index (χ2v) is 7.73. The number of carbonyl (C=O) groups is 1. The van der Waals surface area contributed by atoms with Gasteiger partial charge in [0.15, 0.2) is 21.8 Å². The van der Waals surface area contributed by atoms with E-state index in [0.717, 1.165) is 11.3 Å². The fraction of sp³-hybridized carbons (Fsp3) is 0.250. The molecule has 0 fully saturated rings. The highest BCUT2D eigenvalue weighted by Gasteiger charge is 2.22. The number of halogens is 1. The summed E-state index contributed by atoms with van der Waals surface area (Å²) in [5.74, 6) is -0.422. The molecule has 0 aliphatic carbocycles. The third kappa shape index (κ3) is 3.86. The van der Waals surface area contributed by atoms with Gasteiger partial charge in [0, 0.05) is 12.6 Å². The molecule has 6 nitrogen and oxygen atoms in total. The van der Waals surface area contributed by atoms with Gasteiger partial charge in [0.1, 0.15) is 5.15 Å². The summed E-state index contributed by atoms with van der Waals surface area (Å²) in [4.78, 5) is 30.1. The lowest BCUT2D eigenvalue weighted by Gasteiger charge is -2.25. The zero-order valence-electron chi connectivity index (χ0n) is 15.7. The Morgan fingerprint density at radius 1 is 1.25 bits per heavy atom. The molecule has 1 aromatic carbocycles. The Balaban J connectivity index is 2.32. The Morgan fingerprint density at radius 2 is 2.00 bits per heavy atom. The molecular formula is C20H19ClN2O4S. The smallest absolute Gasteiger partial charge is 0.356 e. The highest BCUT2D eigenvalue weighted by atomic mass is 35.5. The molecule has 0 amide bonds. The van der Waals surface area contributed by atoms with E-state index in [9.17, 15) is 14.7 Å². The standard InChI is InChI=1S/C20H19ClN2O4S/c1-4-23(13-6-7-16(21)22-18(13)20(25)26)14-9-11(3)8-12-15(24)10-17(28-5-2)27-19(12)14/h6-10H,4-5H2,1-3H3,(H,25,26). The lowest BCUT2D eigenvalue weighted by Crippen LogP contribution is -2.21. The van der Waals surface area contributed by atoms with E-state index < -0.39 is 5.97 Å². The monoisotopic (exact) mass is 418 g/mol. The van der Waals surface area contributed by atoms with Crippen molar-refractivity contribution in [3.05, 3.63) is 57.0 Å². The molecule has 0 bridgehead atoms. The van der Waals surface area contributed by atoms with Crippen LogP contribution in [0.1, 0.15) is 29.9 Å². The molecule has 0 saturated heterocycles. The van der Waals surface area contributed by atoms with Crippen molar-refractivity contribution in [1.82, 2.24) is 4.98 Å². The summed E-state index contributed by atoms with van der Waals surface area (Å²) in [5, 5.41) is 10.7. The number of pyridine rings is 1. The number of thioether (sulfide) groups is 1. The van der Waals surface area contributed by atoms with Crippen LogP contribution >= 0.6 is 23.4 Å². The van der Waals surface area contributed by atoms with Crippen molar-refractivity contribution in [2.45, 2.75) is 25.9 Å². The summed E-state index contributed by atoms with van der Waals surface area (Å²) >= 11 is 7.33. The van der Waals surface area contributed by atoms with Crippen LogP contribution in [0.15, 0.2) is 44.6 Å². The SMILES string of the molecule is CCSc1cc(=O)c2cc(C)cc(N(CC)c3ccc(Cl)nc3C(=O)O)c2o1. The Morgan fingerprint density at radius 3 is 2.64 bits per heavy atom. The van der Waals surface area contributed by atoms with Crippen LogP contribution in [0.25, 0.3) is 11.0 Å². The van der Waals surface area contributed by atoms with Crippen LogP contribution in [0.2, 0.25) is 5.15 Å². The third-order valence-electron chi connectivity index (χ3n) is 4.16. The van der Waals surface area contributed by atoms with Crippen LogP contribution in [-0.4, -0.2) is 28.4 Å². The summed E-state index contributed by atoms with van der Waals surface area (Å²) in [6.07, 6.45) is 0. The largest absolute Gasteiger partial charge is 0.476 e. The van der Waals surface area contributed by atoms with Gasteiger partial charge >= 0.3 is 5.97 Å². The van der Waals surface area contributed by atoms with Gasteiger partial charge < -0.3 is 14.4 Å². The first-order valence-electron chi connectivity index (χ1n) is 8.74. The van der Waals surface area contributed by atoms with Crippen LogP contribution in [0, 0.1) is 6.92 Å². The maximum atomic E-state index is 12.6. The number of fused-ring (bicyclic) bond motifs is 1. The Labute approximate surface area is 171 Å². The van der Waals surface area contributed by atoms with E-state index in [0.29, 0.717) is 34.0 Å². The second-order valence-electron chi connectivity index (χ2n) is 6.07. The maximum absolute atomic E-state index is 12.6. The van der Waals surface area contributed by atoms with Gasteiger partial charge in [-0.2, -0.15) is 0 Å². The number of carboxylic acid groups (broad SMARTS) is 1. The molecule has 146 valence electrons. The van der Waals surface area contributed by atoms with Gasteiger partial charge in [-0.1, -0.05) is 30.3 Å². The van der Waals surface area contributed by atoms with E-state index in [1.807, 2.05) is 26.8 Å². The minimum atomic E-state index is -1.18. The Hall–Kier alpha value is -2.51. The fourth-order valence-corrected chi connectivity index (χ4v) is 3.81. The van der Waals surface area contributed by atoms with Crippen molar-refractivity contribution >= 4 is 51.7 Å². The molecule has 0 unspecified atom stereocenters. The van der Waals surface area contributed by atoms with Gasteiger partial charge in [-0.3, -0.25) is 4.79 Å². The molecule has 0 radical (unpaired) electrons. The molecule has 2 aromatic heterocycles. The maximum Gasteiger partial charge on any atom is 0.356 e. The van der Waals surface area contributed by atoms with Crippen LogP contribution in [0.5, 0.6) is 0 Å². The summed E-state index contributed by atoms with van der Waals surface area (Å²) in [6.45, 7) is 6.18. The molecule has 0 aliphatic rings. The molecule has 2 heterocycles. The van der Waals surface area contributed by atoms with E-state index in [-0.39, 0.29) is 16.3 Å². The molecule has 0 saturated carbocycles. The summed E-state index contributed by atoms with van der Waals surface area (Å²) in [6, 6.07) is 8.28. The van der Waals surface area contributed by atoms with Crippen molar-refractivity contribution < 1.29 is 14.3 Å². The Bertz CT molecular complexity index is 1110. The third-order valence-corrected chi connectivity index (χ3v) is 5.14. The first-order chi connectivity index (χ1) is 13.3. The van der Waals surface area contributed by atoms with Gasteiger partial charge in [-0.25, -0.2) is 9.78 Å². The predicted octanol–water partition coefficient (Wildman–Crippen LogP) is 5.12. The van der Waals surface area contributed by atoms with Crippen molar-refractivity contribution in [2.24, 2.45) is 0 Å². The highest BCUT2D eigenvalue weighted by Crippen LogP contribution is 2.36. The van der Waals surface area contributed by atoms with Gasteiger partial charge in [-0.05, 0) is 49.4 Å². The fourth-order valence-electron chi connectivity index (χ4n) is 3.05. The lowest BCUT2D eigenvalue weighted by atomic mass is 10.1. The molecule has 28 heavy (non-hydrogen) atoms. The Kier molecular flexibility index (Phi) is 5.96. The van der Waals surface area contributed by atoms with Gasteiger partial charge in [0.25, 0.3) is 0 Å². The normalized spacial score (nSPS) is 11.0. The second kappa shape index (κ2) is 8.24. The molecule has 0 atom stereocenters. The van der Waals surface area contributed by atoms with E-state index >= 15 is 0 Å². The summed E-state index contributed by atoms with van der Waals surface area (Å²) < 4.78 is 6.02. The molecule has 0 spiro atoms. The minimum Gasteiger partial charge on any atom is -0.476 e. The number of aryl methyl sites for hydroxylation is 1. The minimum absolute atomic E-state index is 0.0967. The number of anilines is 2. The van der Waals surface area contributed by atoms with Crippen LogP contribution in [-0.2, 0) is 0 Å². The number of aromatic carboxylic acids is 1. The van der Waals surface area contributed by atoms with Crippen LogP contribution in [0.3, 0.4) is 0 Å². The van der Waals surface area contributed by atoms with Gasteiger partial charge in [0.2, 0.25) is 0 Å². The number of hydrogen-bond donors (Lipinski definition) is 1. The number of carboxylic acids is 1.